The van der Waals surface area contributed by atoms with Crippen LogP contribution in [0.2, 0.25) is 0 Å². The van der Waals surface area contributed by atoms with Crippen molar-refractivity contribution in [3.05, 3.63) is 40.8 Å². The lowest BCUT2D eigenvalue weighted by Crippen LogP contribution is -2.45. The van der Waals surface area contributed by atoms with Gasteiger partial charge in [-0.05, 0) is 31.0 Å². The number of rotatable bonds is 5. The molecule has 0 saturated carbocycles. The zero-order valence-corrected chi connectivity index (χ0v) is 13.8. The van der Waals surface area contributed by atoms with Gasteiger partial charge in [-0.1, -0.05) is 35.1 Å². The average Bonchev–Trinajstić information content (AvgIpc) is 2.43. The Morgan fingerprint density at radius 1 is 1.41 bits per heavy atom. The zero-order valence-electron chi connectivity index (χ0n) is 12.2. The van der Waals surface area contributed by atoms with Gasteiger partial charge in [0, 0.05) is 9.81 Å². The van der Waals surface area contributed by atoms with Crippen LogP contribution >= 0.6 is 11.8 Å². The minimum atomic E-state index is -3.59. The molecule has 0 N–H and O–H groups in total. The first kappa shape index (κ1) is 17.1. The molecule has 0 aliphatic carbocycles. The summed E-state index contributed by atoms with van der Waals surface area (Å²) in [7, 11) is -3.59. The summed E-state index contributed by atoms with van der Waals surface area (Å²) in [5, 5.41) is 3.74. The number of hydrogen-bond donors (Lipinski definition) is 0. The first-order valence-corrected chi connectivity index (χ1v) is 9.38. The Hall–Kier alpha value is -1.25. The molecule has 0 aromatic heterocycles. The summed E-state index contributed by atoms with van der Waals surface area (Å²) in [5.74, 6) is 0. The van der Waals surface area contributed by atoms with Crippen LogP contribution in [0.25, 0.3) is 10.4 Å². The van der Waals surface area contributed by atoms with Crippen LogP contribution in [-0.4, -0.2) is 38.4 Å². The molecule has 0 spiro atoms. The van der Waals surface area contributed by atoms with Crippen LogP contribution in [0, 0.1) is 0 Å². The van der Waals surface area contributed by atoms with Crippen molar-refractivity contribution in [3.8, 4) is 0 Å². The summed E-state index contributed by atoms with van der Waals surface area (Å²) in [6.45, 7) is 1.75. The van der Waals surface area contributed by atoms with E-state index in [0.29, 0.717) is 6.42 Å². The van der Waals surface area contributed by atoms with Crippen molar-refractivity contribution in [1.29, 1.82) is 0 Å². The third-order valence-corrected chi connectivity index (χ3v) is 4.95. The molecule has 120 valence electrons. The second kappa shape index (κ2) is 7.34. The van der Waals surface area contributed by atoms with Gasteiger partial charge in [-0.2, -0.15) is 8.42 Å². The molecule has 1 aromatic carbocycles. The van der Waals surface area contributed by atoms with Crippen LogP contribution in [0.3, 0.4) is 0 Å². The smallest absolute Gasteiger partial charge is 0.264 e. The fourth-order valence-electron chi connectivity index (χ4n) is 2.18. The lowest BCUT2D eigenvalue weighted by Gasteiger charge is -2.37. The number of ether oxygens (including phenoxy) is 1. The van der Waals surface area contributed by atoms with Crippen LogP contribution in [-0.2, 0) is 19.0 Å². The summed E-state index contributed by atoms with van der Waals surface area (Å²) >= 11 is 1.44. The Kier molecular flexibility index (Phi) is 5.71. The Morgan fingerprint density at radius 2 is 2.09 bits per heavy atom. The second-order valence-corrected chi connectivity index (χ2v) is 7.76. The van der Waals surface area contributed by atoms with Crippen molar-refractivity contribution in [1.82, 2.24) is 0 Å². The monoisotopic (exact) mass is 343 g/mol. The molecule has 2 rings (SSSR count). The molecule has 9 heteroatoms. The molecule has 1 heterocycles. The van der Waals surface area contributed by atoms with E-state index in [2.05, 4.69) is 10.0 Å². The van der Waals surface area contributed by atoms with E-state index in [0.717, 1.165) is 11.2 Å². The third kappa shape index (κ3) is 4.89. The Balaban J connectivity index is 2.13. The minimum Gasteiger partial charge on any atom is -0.361 e. The third-order valence-electron chi connectivity index (χ3n) is 3.15. The molecule has 1 aliphatic rings. The van der Waals surface area contributed by atoms with Crippen molar-refractivity contribution in [3.63, 3.8) is 0 Å². The molecule has 1 aromatic rings. The fraction of sp³-hybridized carbons (Fsp3) is 0.538. The van der Waals surface area contributed by atoms with Crippen LogP contribution in [0.4, 0.5) is 0 Å². The average molecular weight is 343 g/mol. The summed E-state index contributed by atoms with van der Waals surface area (Å²) in [6.07, 6.45) is 0.217. The van der Waals surface area contributed by atoms with Crippen LogP contribution in [0.15, 0.2) is 40.3 Å². The van der Waals surface area contributed by atoms with Gasteiger partial charge in [-0.15, -0.1) is 0 Å². The van der Waals surface area contributed by atoms with Gasteiger partial charge in [0.1, 0.15) is 11.5 Å². The van der Waals surface area contributed by atoms with Crippen molar-refractivity contribution in [2.75, 3.05) is 6.26 Å². The van der Waals surface area contributed by atoms with E-state index in [1.54, 1.807) is 6.92 Å². The molecule has 4 atom stereocenters. The zero-order chi connectivity index (χ0) is 16.2. The predicted octanol–water partition coefficient (Wildman–Crippen LogP) is 2.94. The van der Waals surface area contributed by atoms with Gasteiger partial charge in [-0.25, -0.2) is 0 Å². The molecule has 0 radical (unpaired) electrons. The molecule has 1 fully saturated rings. The molecule has 0 amide bonds. The van der Waals surface area contributed by atoms with E-state index in [1.165, 1.54) is 11.8 Å². The van der Waals surface area contributed by atoms with Crippen LogP contribution < -0.4 is 0 Å². The maximum Gasteiger partial charge on any atom is 0.264 e. The first-order chi connectivity index (χ1) is 10.4. The van der Waals surface area contributed by atoms with E-state index in [-0.39, 0.29) is 5.44 Å². The predicted molar refractivity (Wildman–Crippen MR) is 83.9 cm³/mol. The van der Waals surface area contributed by atoms with Gasteiger partial charge >= 0.3 is 0 Å². The quantitative estimate of drug-likeness (QED) is 0.354. The molecular weight excluding hydrogens is 326 g/mol. The highest BCUT2D eigenvalue weighted by molar-refractivity contribution is 7.99. The van der Waals surface area contributed by atoms with E-state index >= 15 is 0 Å². The number of thioether (sulfide) groups is 1. The topological polar surface area (TPSA) is 101 Å². The molecule has 1 aliphatic heterocycles. The van der Waals surface area contributed by atoms with Gasteiger partial charge in [0.05, 0.1) is 18.4 Å². The largest absolute Gasteiger partial charge is 0.361 e. The molecular formula is C13H17N3O4S2. The Morgan fingerprint density at radius 3 is 2.68 bits per heavy atom. The summed E-state index contributed by atoms with van der Waals surface area (Å²) in [6, 6.07) is 9.10. The Bertz CT molecular complexity index is 647. The highest BCUT2D eigenvalue weighted by Crippen LogP contribution is 2.35. The maximum atomic E-state index is 11.3. The van der Waals surface area contributed by atoms with Crippen molar-refractivity contribution < 1.29 is 17.3 Å². The van der Waals surface area contributed by atoms with E-state index in [4.69, 9.17) is 14.5 Å². The lowest BCUT2D eigenvalue weighted by molar-refractivity contribution is -0.0725. The minimum absolute atomic E-state index is 0.294. The van der Waals surface area contributed by atoms with Crippen molar-refractivity contribution in [2.24, 2.45) is 5.11 Å². The van der Waals surface area contributed by atoms with Gasteiger partial charge < -0.3 is 4.74 Å². The standard InChI is InChI=1S/C13H17N3O4S2/c1-9-12(20-22(2,17)18)8-11(15-16-14)13(19-9)21-10-6-4-3-5-7-10/h3-7,9,11-13H,8H2,1-2H3/t9-,11-,12+,13-/m0/s1. The fourth-order valence-corrected chi connectivity index (χ4v) is 4.00. The SMILES string of the molecule is C[C@@H]1O[C@@H](Sc2ccccc2)[C@@H](N=[N+]=[N-])C[C@H]1OS(C)(=O)=O. The highest BCUT2D eigenvalue weighted by Gasteiger charge is 2.38. The van der Waals surface area contributed by atoms with Gasteiger partial charge in [-0.3, -0.25) is 4.18 Å². The van der Waals surface area contributed by atoms with Crippen LogP contribution in [0.1, 0.15) is 13.3 Å². The summed E-state index contributed by atoms with van der Waals surface area (Å²) in [5.41, 5.74) is 8.34. The second-order valence-electron chi connectivity index (χ2n) is 4.99. The van der Waals surface area contributed by atoms with E-state index in [1.807, 2.05) is 30.3 Å². The van der Waals surface area contributed by atoms with Gasteiger partial charge in [0.25, 0.3) is 10.1 Å². The summed E-state index contributed by atoms with van der Waals surface area (Å²) in [4.78, 5) is 3.82. The van der Waals surface area contributed by atoms with Crippen LogP contribution in [0.5, 0.6) is 0 Å². The molecule has 0 bridgehead atoms. The van der Waals surface area contributed by atoms with Crippen molar-refractivity contribution in [2.45, 2.75) is 41.9 Å². The molecule has 22 heavy (non-hydrogen) atoms. The normalized spacial score (nSPS) is 28.8. The molecule has 0 unspecified atom stereocenters. The first-order valence-electron chi connectivity index (χ1n) is 6.68. The van der Waals surface area contributed by atoms with Gasteiger partial charge in [0.15, 0.2) is 0 Å². The Labute approximate surface area is 133 Å². The number of hydrogen-bond acceptors (Lipinski definition) is 6. The van der Waals surface area contributed by atoms with Crippen molar-refractivity contribution >= 4 is 21.9 Å². The lowest BCUT2D eigenvalue weighted by atomic mass is 10.0. The number of azide groups is 1. The molecule has 7 nitrogen and oxygen atoms in total. The number of nitrogens with zero attached hydrogens (tertiary/aromatic N) is 3. The van der Waals surface area contributed by atoms with Gasteiger partial charge in [0.2, 0.25) is 0 Å². The molecule has 1 saturated heterocycles. The maximum absolute atomic E-state index is 11.3. The number of benzene rings is 1. The van der Waals surface area contributed by atoms with E-state index in [9.17, 15) is 8.42 Å². The summed E-state index contributed by atoms with van der Waals surface area (Å²) < 4.78 is 33.4. The van der Waals surface area contributed by atoms with E-state index < -0.39 is 28.4 Å². The highest BCUT2D eigenvalue weighted by atomic mass is 32.2.